The fraction of sp³-hybridized carbons (Fsp3) is 0.421. The molecule has 5 nitrogen and oxygen atoms in total. The molecule has 1 fully saturated rings. The van der Waals surface area contributed by atoms with Gasteiger partial charge in [0, 0.05) is 23.8 Å². The molecule has 0 spiro atoms. The van der Waals surface area contributed by atoms with E-state index < -0.39 is 0 Å². The predicted octanol–water partition coefficient (Wildman–Crippen LogP) is 3.44. The molecule has 1 amide bonds. The van der Waals surface area contributed by atoms with Crippen molar-refractivity contribution in [3.05, 3.63) is 47.8 Å². The molecule has 1 aliphatic heterocycles. The quantitative estimate of drug-likeness (QED) is 0.767. The van der Waals surface area contributed by atoms with Crippen LogP contribution < -0.4 is 4.74 Å². The third kappa shape index (κ3) is 4.31. The lowest BCUT2D eigenvalue weighted by Gasteiger charge is -2.32. The van der Waals surface area contributed by atoms with Crippen molar-refractivity contribution in [1.82, 2.24) is 14.9 Å². The largest absolute Gasteiger partial charge is 0.458 e. The van der Waals surface area contributed by atoms with Crippen LogP contribution in [0.4, 0.5) is 0 Å². The molecule has 0 aliphatic carbocycles. The monoisotopic (exact) mass is 357 g/mol. The van der Waals surface area contributed by atoms with Crippen LogP contribution in [0.2, 0.25) is 0 Å². The molecule has 0 radical (unpaired) electrons. The Balaban J connectivity index is 1.66. The highest BCUT2D eigenvalue weighted by molar-refractivity contribution is 7.98. The van der Waals surface area contributed by atoms with Gasteiger partial charge < -0.3 is 9.64 Å². The molecule has 1 aromatic carbocycles. The zero-order chi connectivity index (χ0) is 17.6. The number of aryl methyl sites for hydroxylation is 1. The molecule has 2 heterocycles. The topological polar surface area (TPSA) is 55.3 Å². The van der Waals surface area contributed by atoms with Gasteiger partial charge in [-0.1, -0.05) is 19.1 Å². The van der Waals surface area contributed by atoms with Crippen molar-refractivity contribution in [2.45, 2.75) is 37.2 Å². The number of nitrogens with zero attached hydrogens (tertiary/aromatic N) is 3. The normalized spacial score (nSPS) is 17.4. The molecular weight excluding hydrogens is 334 g/mol. The first-order valence-corrected chi connectivity index (χ1v) is 9.83. The van der Waals surface area contributed by atoms with E-state index in [1.165, 1.54) is 0 Å². The van der Waals surface area contributed by atoms with Crippen LogP contribution in [0.5, 0.6) is 6.01 Å². The van der Waals surface area contributed by atoms with Crippen molar-refractivity contribution in [3.8, 4) is 6.01 Å². The fourth-order valence-electron chi connectivity index (χ4n) is 2.95. The molecule has 0 bridgehead atoms. The Labute approximate surface area is 152 Å². The zero-order valence-corrected chi connectivity index (χ0v) is 15.5. The van der Waals surface area contributed by atoms with Gasteiger partial charge in [-0.25, -0.2) is 9.97 Å². The third-order valence-electron chi connectivity index (χ3n) is 4.36. The summed E-state index contributed by atoms with van der Waals surface area (Å²) in [5.74, 6) is 0.0699. The van der Waals surface area contributed by atoms with Crippen LogP contribution in [0.1, 0.15) is 35.7 Å². The summed E-state index contributed by atoms with van der Waals surface area (Å²) in [5.41, 5.74) is 1.85. The molecule has 3 rings (SSSR count). The van der Waals surface area contributed by atoms with Crippen molar-refractivity contribution in [1.29, 1.82) is 0 Å². The van der Waals surface area contributed by atoms with E-state index in [0.29, 0.717) is 12.6 Å². The average molecular weight is 357 g/mol. The number of benzene rings is 1. The predicted molar refractivity (Wildman–Crippen MR) is 99.2 cm³/mol. The number of hydrogen-bond acceptors (Lipinski definition) is 5. The average Bonchev–Trinajstić information content (AvgIpc) is 2.68. The van der Waals surface area contributed by atoms with Crippen LogP contribution in [0, 0.1) is 0 Å². The lowest BCUT2D eigenvalue weighted by Crippen LogP contribution is -2.44. The summed E-state index contributed by atoms with van der Waals surface area (Å²) >= 11 is 1.60. The van der Waals surface area contributed by atoms with Crippen LogP contribution >= 0.6 is 11.8 Å². The number of carbonyl (C=O) groups excluding carboxylic acids is 1. The Morgan fingerprint density at radius 3 is 2.80 bits per heavy atom. The summed E-state index contributed by atoms with van der Waals surface area (Å²) in [4.78, 5) is 24.3. The lowest BCUT2D eigenvalue weighted by molar-refractivity contribution is 0.0512. The highest BCUT2D eigenvalue weighted by Gasteiger charge is 2.27. The minimum atomic E-state index is -0.0633. The maximum Gasteiger partial charge on any atom is 0.316 e. The van der Waals surface area contributed by atoms with Gasteiger partial charge in [0.2, 0.25) is 0 Å². The summed E-state index contributed by atoms with van der Waals surface area (Å²) in [5, 5.41) is 0. The lowest BCUT2D eigenvalue weighted by atomic mass is 10.1. The summed E-state index contributed by atoms with van der Waals surface area (Å²) < 4.78 is 5.91. The first-order chi connectivity index (χ1) is 12.2. The van der Waals surface area contributed by atoms with E-state index in [9.17, 15) is 4.79 Å². The SMILES string of the molecule is CCc1cnc(OC2CCCN(C(=O)c3ccccc3SC)C2)nc1. The van der Waals surface area contributed by atoms with Crippen molar-refractivity contribution in [3.63, 3.8) is 0 Å². The Morgan fingerprint density at radius 2 is 2.08 bits per heavy atom. The van der Waals surface area contributed by atoms with Gasteiger partial charge in [-0.15, -0.1) is 11.8 Å². The highest BCUT2D eigenvalue weighted by atomic mass is 32.2. The maximum atomic E-state index is 12.9. The zero-order valence-electron chi connectivity index (χ0n) is 14.6. The Kier molecular flexibility index (Phi) is 5.91. The molecule has 1 aliphatic rings. The molecule has 0 N–H and O–H groups in total. The fourth-order valence-corrected chi connectivity index (χ4v) is 3.54. The first kappa shape index (κ1) is 17.7. The second-order valence-corrected chi connectivity index (χ2v) is 6.91. The van der Waals surface area contributed by atoms with Crippen LogP contribution in [0.15, 0.2) is 41.6 Å². The van der Waals surface area contributed by atoms with Crippen LogP contribution in [-0.4, -0.2) is 46.2 Å². The van der Waals surface area contributed by atoms with Crippen LogP contribution in [0.25, 0.3) is 0 Å². The van der Waals surface area contributed by atoms with Crippen molar-refractivity contribution < 1.29 is 9.53 Å². The maximum absolute atomic E-state index is 12.9. The summed E-state index contributed by atoms with van der Waals surface area (Å²) in [6, 6.07) is 8.14. The number of aromatic nitrogens is 2. The summed E-state index contributed by atoms with van der Waals surface area (Å²) in [6.07, 6.45) is 8.25. The van der Waals surface area contributed by atoms with Gasteiger partial charge >= 0.3 is 6.01 Å². The molecule has 6 heteroatoms. The highest BCUT2D eigenvalue weighted by Crippen LogP contribution is 2.23. The minimum absolute atomic E-state index is 0.0633. The minimum Gasteiger partial charge on any atom is -0.458 e. The number of ether oxygens (including phenoxy) is 1. The van der Waals surface area contributed by atoms with Crippen molar-refractivity contribution in [2.24, 2.45) is 0 Å². The van der Waals surface area contributed by atoms with E-state index in [1.54, 1.807) is 24.2 Å². The van der Waals surface area contributed by atoms with E-state index >= 15 is 0 Å². The number of thioether (sulfide) groups is 1. The Hall–Kier alpha value is -2.08. The number of likely N-dealkylation sites (tertiary alicyclic amines) is 1. The number of amides is 1. The molecule has 0 saturated carbocycles. The Bertz CT molecular complexity index is 721. The van der Waals surface area contributed by atoms with E-state index in [-0.39, 0.29) is 12.0 Å². The van der Waals surface area contributed by atoms with Crippen LogP contribution in [0.3, 0.4) is 0 Å². The van der Waals surface area contributed by atoms with Crippen molar-refractivity contribution >= 4 is 17.7 Å². The molecular formula is C19H23N3O2S. The number of piperidine rings is 1. The van der Waals surface area contributed by atoms with E-state index in [0.717, 1.165) is 41.8 Å². The molecule has 1 aromatic heterocycles. The smallest absolute Gasteiger partial charge is 0.316 e. The third-order valence-corrected chi connectivity index (χ3v) is 5.16. The summed E-state index contributed by atoms with van der Waals surface area (Å²) in [7, 11) is 0. The van der Waals surface area contributed by atoms with Gasteiger partial charge in [-0.05, 0) is 43.2 Å². The van der Waals surface area contributed by atoms with E-state index in [4.69, 9.17) is 4.74 Å². The Morgan fingerprint density at radius 1 is 1.32 bits per heavy atom. The van der Waals surface area contributed by atoms with Gasteiger partial charge in [-0.2, -0.15) is 0 Å². The number of rotatable bonds is 5. The van der Waals surface area contributed by atoms with Gasteiger partial charge in [0.1, 0.15) is 6.10 Å². The molecule has 25 heavy (non-hydrogen) atoms. The molecule has 1 unspecified atom stereocenters. The summed E-state index contributed by atoms with van der Waals surface area (Å²) in [6.45, 7) is 3.40. The van der Waals surface area contributed by atoms with Crippen LogP contribution in [-0.2, 0) is 6.42 Å². The number of hydrogen-bond donors (Lipinski definition) is 0. The van der Waals surface area contributed by atoms with Crippen molar-refractivity contribution in [2.75, 3.05) is 19.3 Å². The van der Waals surface area contributed by atoms with Gasteiger partial charge in [-0.3, -0.25) is 4.79 Å². The first-order valence-electron chi connectivity index (χ1n) is 8.61. The number of carbonyl (C=O) groups is 1. The molecule has 132 valence electrons. The van der Waals surface area contributed by atoms with Gasteiger partial charge in [0.25, 0.3) is 5.91 Å². The second-order valence-electron chi connectivity index (χ2n) is 6.06. The van der Waals surface area contributed by atoms with E-state index in [1.807, 2.05) is 35.4 Å². The van der Waals surface area contributed by atoms with Gasteiger partial charge in [0.15, 0.2) is 0 Å². The molecule has 2 aromatic rings. The standard InChI is InChI=1S/C19H23N3O2S/c1-3-14-11-20-19(21-12-14)24-15-7-6-10-22(13-15)18(23)16-8-4-5-9-17(16)25-2/h4-5,8-9,11-12,15H,3,6-7,10,13H2,1-2H3. The molecule has 1 saturated heterocycles. The second kappa shape index (κ2) is 8.34. The van der Waals surface area contributed by atoms with Gasteiger partial charge in [0.05, 0.1) is 12.1 Å². The molecule has 1 atom stereocenters. The van der Waals surface area contributed by atoms with E-state index in [2.05, 4.69) is 16.9 Å².